The second-order valence-electron chi connectivity index (χ2n) is 11.4. The second-order valence-corrected chi connectivity index (χ2v) is 15.7. The fraction of sp³-hybridized carbons (Fsp3) is 0.382. The maximum absolute atomic E-state index is 13.3. The third-order valence-electron chi connectivity index (χ3n) is 7.67. The number of rotatable bonds is 12. The molecule has 3 aromatic carbocycles. The first kappa shape index (κ1) is 30.5. The molecule has 0 fully saturated rings. The van der Waals surface area contributed by atoms with Crippen LogP contribution in [0.3, 0.4) is 0 Å². The Kier molecular flexibility index (Phi) is 10.5. The molecule has 4 nitrogen and oxygen atoms in total. The predicted octanol–water partition coefficient (Wildman–Crippen LogP) is 6.68. The second kappa shape index (κ2) is 13.4. The van der Waals surface area contributed by atoms with Crippen LogP contribution in [0.15, 0.2) is 103 Å². The lowest BCUT2D eigenvalue weighted by molar-refractivity contribution is -0.164. The Balaban J connectivity index is 2.13. The lowest BCUT2D eigenvalue weighted by Gasteiger charge is -2.46. The number of methoxy groups -OCH3 is 1. The Morgan fingerprint density at radius 2 is 1.33 bits per heavy atom. The van der Waals surface area contributed by atoms with Crippen molar-refractivity contribution in [1.82, 2.24) is 0 Å². The van der Waals surface area contributed by atoms with Crippen LogP contribution < -0.4 is 10.4 Å². The van der Waals surface area contributed by atoms with E-state index in [9.17, 15) is 4.79 Å². The largest absolute Gasteiger partial charge is 0.467 e. The topological polar surface area (TPSA) is 44.8 Å². The average Bonchev–Trinajstić information content (AvgIpc) is 2.94. The minimum Gasteiger partial charge on any atom is -0.467 e. The maximum Gasteiger partial charge on any atom is 0.335 e. The quantitative estimate of drug-likeness (QED) is 0.145. The van der Waals surface area contributed by atoms with Crippen molar-refractivity contribution in [3.05, 3.63) is 108 Å². The molecule has 0 aliphatic heterocycles. The molecule has 0 saturated heterocycles. The first-order valence-corrected chi connectivity index (χ1v) is 15.7. The lowest BCUT2D eigenvalue weighted by Crippen LogP contribution is -2.67. The minimum absolute atomic E-state index is 0.190. The summed E-state index contributed by atoms with van der Waals surface area (Å²) in [5, 5.41) is 2.20. The van der Waals surface area contributed by atoms with Gasteiger partial charge in [0.05, 0.1) is 13.7 Å². The highest BCUT2D eigenvalue weighted by atomic mass is 28.4. The molecule has 0 N–H and O–H groups in total. The monoisotopic (exact) mass is 544 g/mol. The summed E-state index contributed by atoms with van der Waals surface area (Å²) in [6.07, 6.45) is 2.16. The molecule has 39 heavy (non-hydrogen) atoms. The van der Waals surface area contributed by atoms with Gasteiger partial charge in [0.15, 0.2) is 6.10 Å². The number of esters is 1. The summed E-state index contributed by atoms with van der Waals surface area (Å²) < 4.78 is 19.0. The van der Waals surface area contributed by atoms with Crippen molar-refractivity contribution in [3.8, 4) is 0 Å². The Bertz CT molecular complexity index is 1160. The molecule has 0 unspecified atom stereocenters. The van der Waals surface area contributed by atoms with Crippen LogP contribution in [-0.4, -0.2) is 34.1 Å². The Morgan fingerprint density at radius 3 is 1.77 bits per heavy atom. The van der Waals surface area contributed by atoms with Crippen LogP contribution in [0.25, 0.3) is 0 Å². The first-order valence-electron chi connectivity index (χ1n) is 13.8. The Labute approximate surface area is 236 Å². The van der Waals surface area contributed by atoms with Gasteiger partial charge in [-0.15, -0.1) is 0 Å². The number of ether oxygens (including phenoxy) is 2. The van der Waals surface area contributed by atoms with Gasteiger partial charge >= 0.3 is 5.97 Å². The number of carbonyl (C=O) groups is 1. The van der Waals surface area contributed by atoms with Crippen LogP contribution >= 0.6 is 0 Å². The summed E-state index contributed by atoms with van der Waals surface area (Å²) in [5.74, 6) is -0.400. The molecule has 0 aromatic heterocycles. The van der Waals surface area contributed by atoms with Gasteiger partial charge in [-0.05, 0) is 34.3 Å². The van der Waals surface area contributed by atoms with Crippen LogP contribution in [0.2, 0.25) is 5.04 Å². The van der Waals surface area contributed by atoms with Crippen LogP contribution in [0, 0.1) is 5.41 Å². The van der Waals surface area contributed by atoms with E-state index < -0.39 is 25.8 Å². The molecule has 0 amide bonds. The summed E-state index contributed by atoms with van der Waals surface area (Å²) in [6.45, 7) is 13.6. The van der Waals surface area contributed by atoms with E-state index in [0.29, 0.717) is 13.2 Å². The van der Waals surface area contributed by atoms with Crippen LogP contribution in [0.4, 0.5) is 0 Å². The molecule has 3 rings (SSSR count). The van der Waals surface area contributed by atoms with Crippen molar-refractivity contribution in [2.75, 3.05) is 13.7 Å². The van der Waals surface area contributed by atoms with Gasteiger partial charge in [0.2, 0.25) is 0 Å². The van der Waals surface area contributed by atoms with Crippen molar-refractivity contribution in [2.24, 2.45) is 5.41 Å². The van der Waals surface area contributed by atoms with Crippen LogP contribution in [0.1, 0.15) is 53.5 Å². The zero-order valence-electron chi connectivity index (χ0n) is 24.6. The minimum atomic E-state index is -2.84. The van der Waals surface area contributed by atoms with Crippen molar-refractivity contribution in [3.63, 3.8) is 0 Å². The fourth-order valence-electron chi connectivity index (χ4n) is 5.33. The van der Waals surface area contributed by atoms with Gasteiger partial charge in [0, 0.05) is 12.0 Å². The van der Waals surface area contributed by atoms with Gasteiger partial charge in [-0.3, -0.25) is 0 Å². The van der Waals surface area contributed by atoms with Crippen molar-refractivity contribution < 1.29 is 18.7 Å². The van der Waals surface area contributed by atoms with Crippen molar-refractivity contribution in [1.29, 1.82) is 0 Å². The van der Waals surface area contributed by atoms with E-state index in [1.807, 2.05) is 42.5 Å². The average molecular weight is 545 g/mol. The zero-order chi connectivity index (χ0) is 28.5. The summed E-state index contributed by atoms with van der Waals surface area (Å²) in [4.78, 5) is 13.3. The van der Waals surface area contributed by atoms with Gasteiger partial charge in [-0.2, -0.15) is 0 Å². The molecule has 0 aliphatic carbocycles. The van der Waals surface area contributed by atoms with E-state index in [4.69, 9.17) is 13.9 Å². The summed E-state index contributed by atoms with van der Waals surface area (Å²) in [7, 11) is -1.42. The number of hydrogen-bond donors (Lipinski definition) is 0. The third kappa shape index (κ3) is 6.78. The van der Waals surface area contributed by atoms with E-state index in [1.165, 1.54) is 17.5 Å². The molecule has 0 saturated carbocycles. The number of hydrogen-bond acceptors (Lipinski definition) is 4. The van der Waals surface area contributed by atoms with Crippen molar-refractivity contribution in [2.45, 2.75) is 65.7 Å². The number of allylic oxidation sites excluding steroid dienone is 1. The Hall–Kier alpha value is -2.99. The summed E-state index contributed by atoms with van der Waals surface area (Å²) in [6, 6.07) is 31.0. The SMILES string of the molecule is CC/C=C(\C)[C@](C)(CO[Si](c1ccccc1)(c1ccccc1)C(C)(C)C)[C@@H](OCc1ccccc1)C(=O)OC. The molecular formula is C34H44O4Si. The smallest absolute Gasteiger partial charge is 0.335 e. The molecule has 208 valence electrons. The first-order chi connectivity index (χ1) is 18.6. The van der Waals surface area contributed by atoms with Gasteiger partial charge in [-0.25, -0.2) is 4.79 Å². The number of carbonyl (C=O) groups excluding carboxylic acids is 1. The molecule has 0 heterocycles. The molecular weight excluding hydrogens is 500 g/mol. The van der Waals surface area contributed by atoms with Gasteiger partial charge < -0.3 is 13.9 Å². The molecule has 0 spiro atoms. The van der Waals surface area contributed by atoms with E-state index in [2.05, 4.69) is 96.1 Å². The highest BCUT2D eigenvalue weighted by molar-refractivity contribution is 6.99. The molecule has 5 heteroatoms. The molecule has 2 atom stereocenters. The zero-order valence-corrected chi connectivity index (χ0v) is 25.6. The van der Waals surface area contributed by atoms with E-state index >= 15 is 0 Å². The van der Waals surface area contributed by atoms with E-state index in [-0.39, 0.29) is 5.04 Å². The van der Waals surface area contributed by atoms with Gasteiger partial charge in [0.1, 0.15) is 0 Å². The van der Waals surface area contributed by atoms with Crippen LogP contribution in [0.5, 0.6) is 0 Å². The molecule has 3 aromatic rings. The molecule has 0 aliphatic rings. The highest BCUT2D eigenvalue weighted by Crippen LogP contribution is 2.41. The summed E-state index contributed by atoms with van der Waals surface area (Å²) >= 11 is 0. The highest BCUT2D eigenvalue weighted by Gasteiger charge is 2.53. The normalized spacial score (nSPS) is 14.9. The number of benzene rings is 3. The van der Waals surface area contributed by atoms with Gasteiger partial charge in [-0.1, -0.05) is 137 Å². The fourth-order valence-corrected chi connectivity index (χ4v) is 10.0. The standard InChI is InChI=1S/C34H44O4Si/c1-8-18-27(2)34(6,31(32(35)36-7)37-25-28-19-12-9-13-20-28)26-38-39(33(3,4)5,29-21-14-10-15-22-29)30-23-16-11-17-24-30/h9-24,31H,8,25-26H2,1-7H3/b27-18+/t31-,34-/m0/s1. The molecule has 0 bridgehead atoms. The van der Waals surface area contributed by atoms with E-state index in [0.717, 1.165) is 17.6 Å². The molecule has 0 radical (unpaired) electrons. The lowest BCUT2D eigenvalue weighted by atomic mass is 9.77. The van der Waals surface area contributed by atoms with Gasteiger partial charge in [0.25, 0.3) is 8.32 Å². The predicted molar refractivity (Wildman–Crippen MR) is 163 cm³/mol. The maximum atomic E-state index is 13.3. The van der Waals surface area contributed by atoms with Crippen molar-refractivity contribution >= 4 is 24.7 Å². The van der Waals surface area contributed by atoms with E-state index in [1.54, 1.807) is 0 Å². The summed E-state index contributed by atoms with van der Waals surface area (Å²) in [5.41, 5.74) is 1.29. The van der Waals surface area contributed by atoms with Crippen LogP contribution in [-0.2, 0) is 25.3 Å². The Morgan fingerprint density at radius 1 is 0.846 bits per heavy atom. The third-order valence-corrected chi connectivity index (χ3v) is 12.7.